The Morgan fingerprint density at radius 3 is 3.16 bits per heavy atom. The van der Waals surface area contributed by atoms with Crippen molar-refractivity contribution in [2.45, 2.75) is 36.1 Å². The molecule has 2 rings (SSSR count). The Morgan fingerprint density at radius 1 is 1.63 bits per heavy atom. The highest BCUT2D eigenvalue weighted by molar-refractivity contribution is 8.00. The smallest absolute Gasteiger partial charge is 0.236 e. The molecule has 2 heterocycles. The summed E-state index contributed by atoms with van der Waals surface area (Å²) < 4.78 is 5.19. The molecule has 0 unspecified atom stereocenters. The van der Waals surface area contributed by atoms with E-state index in [1.807, 2.05) is 30.0 Å². The van der Waals surface area contributed by atoms with Gasteiger partial charge in [-0.2, -0.15) is 0 Å². The number of thioether (sulfide) groups is 1. The number of hydrogen-bond acceptors (Lipinski definition) is 4. The van der Waals surface area contributed by atoms with Gasteiger partial charge in [-0.1, -0.05) is 17.8 Å². The Kier molecular flexibility index (Phi) is 5.22. The van der Waals surface area contributed by atoms with Gasteiger partial charge in [0.2, 0.25) is 5.91 Å². The van der Waals surface area contributed by atoms with E-state index in [0.29, 0.717) is 6.61 Å². The van der Waals surface area contributed by atoms with Crippen LogP contribution >= 0.6 is 11.8 Å². The van der Waals surface area contributed by atoms with Gasteiger partial charge in [0.05, 0.1) is 22.9 Å². The highest BCUT2D eigenvalue weighted by atomic mass is 32.2. The summed E-state index contributed by atoms with van der Waals surface area (Å²) in [5, 5.41) is 0.790. The first-order valence-corrected chi connectivity index (χ1v) is 7.47. The summed E-state index contributed by atoms with van der Waals surface area (Å²) >= 11 is 1.52. The van der Waals surface area contributed by atoms with Gasteiger partial charge in [-0.25, -0.2) is 4.98 Å². The highest BCUT2D eigenvalue weighted by Crippen LogP contribution is 2.26. The first-order valence-electron chi connectivity index (χ1n) is 6.59. The largest absolute Gasteiger partial charge is 0.383 e. The molecule has 19 heavy (non-hydrogen) atoms. The van der Waals surface area contributed by atoms with Crippen LogP contribution in [0.5, 0.6) is 0 Å². The highest BCUT2D eigenvalue weighted by Gasteiger charge is 2.31. The predicted molar refractivity (Wildman–Crippen MR) is 76.2 cm³/mol. The average molecular weight is 280 g/mol. The molecular weight excluding hydrogens is 260 g/mol. The van der Waals surface area contributed by atoms with E-state index >= 15 is 0 Å². The quantitative estimate of drug-likeness (QED) is 0.776. The fraction of sp³-hybridized carbons (Fsp3) is 0.571. The van der Waals surface area contributed by atoms with Gasteiger partial charge in [0.1, 0.15) is 0 Å². The Morgan fingerprint density at radius 2 is 2.47 bits per heavy atom. The molecule has 1 aliphatic rings. The van der Waals surface area contributed by atoms with Crippen LogP contribution in [-0.4, -0.2) is 47.3 Å². The number of rotatable bonds is 5. The van der Waals surface area contributed by atoms with Crippen molar-refractivity contribution >= 4 is 17.7 Å². The lowest BCUT2D eigenvalue weighted by molar-refractivity contribution is -0.132. The number of likely N-dealkylation sites (tertiary alicyclic amines) is 1. The van der Waals surface area contributed by atoms with Gasteiger partial charge >= 0.3 is 0 Å². The molecule has 1 aromatic heterocycles. The Balaban J connectivity index is 1.95. The summed E-state index contributed by atoms with van der Waals surface area (Å²) in [5.74, 6) is 0.190. The van der Waals surface area contributed by atoms with Crippen LogP contribution in [0, 0.1) is 0 Å². The minimum atomic E-state index is -0.104. The zero-order chi connectivity index (χ0) is 13.7. The SMILES string of the molecule is COC[C@H]1CCCN1C(=O)[C@@H](C)Sc1ccccn1. The molecule has 104 valence electrons. The monoisotopic (exact) mass is 280 g/mol. The topological polar surface area (TPSA) is 42.4 Å². The minimum Gasteiger partial charge on any atom is -0.383 e. The summed E-state index contributed by atoms with van der Waals surface area (Å²) in [6.45, 7) is 3.43. The van der Waals surface area contributed by atoms with Crippen LogP contribution in [0.1, 0.15) is 19.8 Å². The molecule has 0 radical (unpaired) electrons. The van der Waals surface area contributed by atoms with E-state index in [2.05, 4.69) is 4.98 Å². The summed E-state index contributed by atoms with van der Waals surface area (Å²) in [4.78, 5) is 18.7. The third kappa shape index (κ3) is 3.70. The van der Waals surface area contributed by atoms with Crippen molar-refractivity contribution < 1.29 is 9.53 Å². The van der Waals surface area contributed by atoms with Crippen molar-refractivity contribution in [2.24, 2.45) is 0 Å². The van der Waals surface area contributed by atoms with Crippen molar-refractivity contribution in [3.05, 3.63) is 24.4 Å². The Hall–Kier alpha value is -1.07. The molecule has 1 fully saturated rings. The molecule has 5 heteroatoms. The number of carbonyl (C=O) groups excluding carboxylic acids is 1. The van der Waals surface area contributed by atoms with Crippen LogP contribution in [0.3, 0.4) is 0 Å². The molecule has 0 bridgehead atoms. The average Bonchev–Trinajstić information content (AvgIpc) is 2.87. The van der Waals surface area contributed by atoms with Gasteiger partial charge < -0.3 is 9.64 Å². The molecule has 1 aliphatic heterocycles. The molecule has 4 nitrogen and oxygen atoms in total. The summed E-state index contributed by atoms with van der Waals surface area (Å²) in [5.41, 5.74) is 0. The Bertz CT molecular complexity index is 413. The minimum absolute atomic E-state index is 0.104. The van der Waals surface area contributed by atoms with Gasteiger partial charge in [0.15, 0.2) is 0 Å². The number of carbonyl (C=O) groups is 1. The molecule has 0 spiro atoms. The van der Waals surface area contributed by atoms with E-state index < -0.39 is 0 Å². The molecule has 1 saturated heterocycles. The van der Waals surface area contributed by atoms with E-state index in [4.69, 9.17) is 4.74 Å². The number of pyridine rings is 1. The maximum Gasteiger partial charge on any atom is 0.236 e. The van der Waals surface area contributed by atoms with Gasteiger partial charge in [-0.05, 0) is 31.9 Å². The molecule has 0 aromatic carbocycles. The van der Waals surface area contributed by atoms with Crippen LogP contribution in [-0.2, 0) is 9.53 Å². The normalized spacial score (nSPS) is 20.5. The first kappa shape index (κ1) is 14.3. The van der Waals surface area contributed by atoms with Crippen molar-refractivity contribution in [1.29, 1.82) is 0 Å². The lowest BCUT2D eigenvalue weighted by Crippen LogP contribution is -2.42. The lowest BCUT2D eigenvalue weighted by atomic mass is 10.2. The number of ether oxygens (including phenoxy) is 1. The van der Waals surface area contributed by atoms with Crippen LogP contribution in [0.2, 0.25) is 0 Å². The molecule has 1 aromatic rings. The second-order valence-corrected chi connectivity index (χ2v) is 6.07. The summed E-state index contributed by atoms with van der Waals surface area (Å²) in [6.07, 6.45) is 3.87. The maximum absolute atomic E-state index is 12.5. The zero-order valence-electron chi connectivity index (χ0n) is 11.4. The van der Waals surface area contributed by atoms with Gasteiger partial charge in [0, 0.05) is 19.9 Å². The second-order valence-electron chi connectivity index (χ2n) is 4.71. The lowest BCUT2D eigenvalue weighted by Gasteiger charge is -2.26. The van der Waals surface area contributed by atoms with Crippen LogP contribution in [0.15, 0.2) is 29.4 Å². The number of aromatic nitrogens is 1. The van der Waals surface area contributed by atoms with E-state index in [0.717, 1.165) is 24.4 Å². The predicted octanol–water partition coefficient (Wildman–Crippen LogP) is 2.20. The standard InChI is InChI=1S/C14H20N2O2S/c1-11(19-13-7-3-4-8-15-13)14(17)16-9-5-6-12(16)10-18-2/h3-4,7-8,11-12H,5-6,9-10H2,1-2H3/t11-,12-/m1/s1. The fourth-order valence-electron chi connectivity index (χ4n) is 2.37. The number of nitrogens with zero attached hydrogens (tertiary/aromatic N) is 2. The number of methoxy groups -OCH3 is 1. The molecule has 0 saturated carbocycles. The van der Waals surface area contributed by atoms with Gasteiger partial charge in [-0.3, -0.25) is 4.79 Å². The van der Waals surface area contributed by atoms with Crippen molar-refractivity contribution in [2.75, 3.05) is 20.3 Å². The summed E-state index contributed by atoms with van der Waals surface area (Å²) in [6, 6.07) is 6.00. The maximum atomic E-state index is 12.5. The second kappa shape index (κ2) is 6.91. The van der Waals surface area contributed by atoms with E-state index in [-0.39, 0.29) is 17.2 Å². The molecule has 2 atom stereocenters. The zero-order valence-corrected chi connectivity index (χ0v) is 12.2. The Labute approximate surface area is 118 Å². The number of hydrogen-bond donors (Lipinski definition) is 0. The molecule has 1 amide bonds. The third-order valence-corrected chi connectivity index (χ3v) is 4.34. The van der Waals surface area contributed by atoms with Gasteiger partial charge in [-0.15, -0.1) is 0 Å². The van der Waals surface area contributed by atoms with Crippen LogP contribution in [0.4, 0.5) is 0 Å². The fourth-order valence-corrected chi connectivity index (χ4v) is 3.25. The molecular formula is C14H20N2O2S. The van der Waals surface area contributed by atoms with E-state index in [1.54, 1.807) is 13.3 Å². The third-order valence-electron chi connectivity index (χ3n) is 3.30. The number of amides is 1. The van der Waals surface area contributed by atoms with Crippen LogP contribution < -0.4 is 0 Å². The summed E-state index contributed by atoms with van der Waals surface area (Å²) in [7, 11) is 1.69. The van der Waals surface area contributed by atoms with Crippen molar-refractivity contribution in [3.8, 4) is 0 Å². The van der Waals surface area contributed by atoms with Crippen molar-refractivity contribution in [1.82, 2.24) is 9.88 Å². The van der Waals surface area contributed by atoms with E-state index in [9.17, 15) is 4.79 Å². The molecule has 0 N–H and O–H groups in total. The van der Waals surface area contributed by atoms with Crippen molar-refractivity contribution in [3.63, 3.8) is 0 Å². The van der Waals surface area contributed by atoms with E-state index in [1.165, 1.54) is 11.8 Å². The molecule has 0 aliphatic carbocycles. The first-order chi connectivity index (χ1) is 9.22. The van der Waals surface area contributed by atoms with Gasteiger partial charge in [0.25, 0.3) is 0 Å². The van der Waals surface area contributed by atoms with Crippen LogP contribution in [0.25, 0.3) is 0 Å².